The van der Waals surface area contributed by atoms with Crippen molar-refractivity contribution < 1.29 is 4.79 Å². The minimum Gasteiger partial charge on any atom is -0.348 e. The minimum absolute atomic E-state index is 0.00579. The maximum Gasteiger partial charge on any atom is 0.251 e. The van der Waals surface area contributed by atoms with Crippen LogP contribution in [0.2, 0.25) is 0 Å². The van der Waals surface area contributed by atoms with Crippen LogP contribution in [0.5, 0.6) is 0 Å². The first-order chi connectivity index (χ1) is 12.6. The van der Waals surface area contributed by atoms with Gasteiger partial charge in [-0.15, -0.1) is 11.3 Å². The van der Waals surface area contributed by atoms with Crippen LogP contribution in [-0.2, 0) is 0 Å². The zero-order chi connectivity index (χ0) is 18.5. The first-order valence-electron chi connectivity index (χ1n) is 9.46. The van der Waals surface area contributed by atoms with E-state index in [1.54, 1.807) is 11.3 Å². The summed E-state index contributed by atoms with van der Waals surface area (Å²) in [4.78, 5) is 19.0. The molecule has 5 heteroatoms. The second kappa shape index (κ2) is 8.80. The van der Waals surface area contributed by atoms with Crippen LogP contribution in [0, 0.1) is 6.92 Å². The number of carbonyl (C=O) groups excluding carboxylic acids is 1. The highest BCUT2D eigenvalue weighted by atomic mass is 32.1. The van der Waals surface area contributed by atoms with Gasteiger partial charge in [0.2, 0.25) is 0 Å². The topological polar surface area (TPSA) is 35.6 Å². The summed E-state index contributed by atoms with van der Waals surface area (Å²) in [6.07, 6.45) is 0. The molecule has 1 aromatic heterocycles. The Hall–Kier alpha value is -1.69. The van der Waals surface area contributed by atoms with E-state index in [0.29, 0.717) is 0 Å². The molecule has 1 aliphatic heterocycles. The molecule has 2 atom stereocenters. The Labute approximate surface area is 160 Å². The lowest BCUT2D eigenvalue weighted by Crippen LogP contribution is -2.52. The lowest BCUT2D eigenvalue weighted by Gasteiger charge is -2.41. The highest BCUT2D eigenvalue weighted by Gasteiger charge is 2.30. The van der Waals surface area contributed by atoms with E-state index >= 15 is 0 Å². The summed E-state index contributed by atoms with van der Waals surface area (Å²) in [6, 6.07) is 12.3. The van der Waals surface area contributed by atoms with E-state index in [4.69, 9.17) is 0 Å². The number of hydrogen-bond acceptors (Lipinski definition) is 4. The van der Waals surface area contributed by atoms with Crippen LogP contribution in [0.1, 0.15) is 40.7 Å². The average Bonchev–Trinajstić information content (AvgIpc) is 3.17. The van der Waals surface area contributed by atoms with Gasteiger partial charge in [0.15, 0.2) is 0 Å². The van der Waals surface area contributed by atoms with Crippen LogP contribution < -0.4 is 5.32 Å². The molecule has 2 aromatic rings. The van der Waals surface area contributed by atoms with Gasteiger partial charge in [-0.25, -0.2) is 0 Å². The molecule has 1 fully saturated rings. The van der Waals surface area contributed by atoms with Gasteiger partial charge in [0.1, 0.15) is 0 Å². The van der Waals surface area contributed by atoms with Crippen molar-refractivity contribution in [3.63, 3.8) is 0 Å². The summed E-state index contributed by atoms with van der Waals surface area (Å²) in [5, 5.41) is 5.36. The number of nitrogens with zero attached hydrogens (tertiary/aromatic N) is 2. The third kappa shape index (κ3) is 4.53. The number of thiophene rings is 1. The molecule has 4 nitrogen and oxygen atoms in total. The van der Waals surface area contributed by atoms with Crippen LogP contribution >= 0.6 is 11.3 Å². The molecular formula is C21H29N3OS. The molecule has 0 spiro atoms. The number of piperazine rings is 1. The number of aryl methyl sites for hydroxylation is 1. The van der Waals surface area contributed by atoms with Crippen molar-refractivity contribution in [1.29, 1.82) is 0 Å². The van der Waals surface area contributed by atoms with Gasteiger partial charge in [-0.3, -0.25) is 9.69 Å². The quantitative estimate of drug-likeness (QED) is 0.843. The lowest BCUT2D eigenvalue weighted by molar-refractivity contribution is 0.0753. The Kier molecular flexibility index (Phi) is 6.46. The number of benzene rings is 1. The summed E-state index contributed by atoms with van der Waals surface area (Å²) < 4.78 is 0. The van der Waals surface area contributed by atoms with Crippen molar-refractivity contribution in [3.05, 3.63) is 57.8 Å². The molecule has 0 aliphatic carbocycles. The molecule has 1 N–H and O–H groups in total. The predicted molar refractivity (Wildman–Crippen MR) is 109 cm³/mol. The fourth-order valence-electron chi connectivity index (χ4n) is 3.63. The van der Waals surface area contributed by atoms with Gasteiger partial charge in [0.25, 0.3) is 5.91 Å². The monoisotopic (exact) mass is 371 g/mol. The first kappa shape index (κ1) is 19.1. The maximum absolute atomic E-state index is 12.7. The van der Waals surface area contributed by atoms with Crippen LogP contribution in [0.4, 0.5) is 0 Å². The second-order valence-electron chi connectivity index (χ2n) is 7.06. The summed E-state index contributed by atoms with van der Waals surface area (Å²) in [5.41, 5.74) is 1.89. The van der Waals surface area contributed by atoms with Crippen molar-refractivity contribution in [2.75, 3.05) is 32.7 Å². The molecule has 0 bridgehead atoms. The third-order valence-corrected chi connectivity index (χ3v) is 6.17. The van der Waals surface area contributed by atoms with E-state index < -0.39 is 0 Å². The Morgan fingerprint density at radius 1 is 1.15 bits per heavy atom. The predicted octanol–water partition coefficient (Wildman–Crippen LogP) is 3.55. The Bertz CT molecular complexity index is 691. The van der Waals surface area contributed by atoms with Gasteiger partial charge in [0.05, 0.1) is 6.04 Å². The molecule has 1 aromatic carbocycles. The number of hydrogen-bond donors (Lipinski definition) is 1. The zero-order valence-electron chi connectivity index (χ0n) is 15.9. The largest absolute Gasteiger partial charge is 0.348 e. The van der Waals surface area contributed by atoms with Crippen LogP contribution in [-0.4, -0.2) is 54.5 Å². The Balaban J connectivity index is 1.72. The van der Waals surface area contributed by atoms with E-state index in [0.717, 1.165) is 38.3 Å². The maximum atomic E-state index is 12.7. The van der Waals surface area contributed by atoms with E-state index in [9.17, 15) is 4.79 Å². The Morgan fingerprint density at radius 3 is 2.42 bits per heavy atom. The molecule has 140 valence electrons. The number of amides is 1. The Morgan fingerprint density at radius 2 is 1.85 bits per heavy atom. The molecule has 3 rings (SSSR count). The molecule has 0 unspecified atom stereocenters. The number of nitrogens with one attached hydrogen (secondary N) is 1. The molecule has 1 saturated heterocycles. The molecule has 1 amide bonds. The normalized spacial score (nSPS) is 18.4. The van der Waals surface area contributed by atoms with Gasteiger partial charge < -0.3 is 10.2 Å². The molecular weight excluding hydrogens is 342 g/mol. The molecule has 2 heterocycles. The summed E-state index contributed by atoms with van der Waals surface area (Å²) in [6.45, 7) is 11.8. The fourth-order valence-corrected chi connectivity index (χ4v) is 4.60. The van der Waals surface area contributed by atoms with E-state index in [1.165, 1.54) is 10.4 Å². The number of rotatable bonds is 6. The smallest absolute Gasteiger partial charge is 0.251 e. The van der Waals surface area contributed by atoms with E-state index in [1.807, 2.05) is 31.2 Å². The third-order valence-electron chi connectivity index (χ3n) is 5.23. The standard InChI is InChI=1S/C21H29N3OS/c1-4-23-11-13-24(14-12-23)20(19-6-5-15-26-19)17(3)22-21(25)18-9-7-16(2)8-10-18/h5-10,15,17,20H,4,11-14H2,1-3H3,(H,22,25)/t17-,20-/m1/s1. The average molecular weight is 372 g/mol. The zero-order valence-corrected chi connectivity index (χ0v) is 16.8. The van der Waals surface area contributed by atoms with E-state index in [-0.39, 0.29) is 18.0 Å². The van der Waals surface area contributed by atoms with Gasteiger partial charge >= 0.3 is 0 Å². The first-order valence-corrected chi connectivity index (χ1v) is 10.3. The molecule has 26 heavy (non-hydrogen) atoms. The minimum atomic E-state index is 0.00579. The summed E-state index contributed by atoms with van der Waals surface area (Å²) in [5.74, 6) is 0.00579. The van der Waals surface area contributed by atoms with Crippen molar-refractivity contribution in [3.8, 4) is 0 Å². The lowest BCUT2D eigenvalue weighted by atomic mass is 10.0. The van der Waals surface area contributed by atoms with Crippen LogP contribution in [0.3, 0.4) is 0 Å². The number of carbonyl (C=O) groups is 1. The highest BCUT2D eigenvalue weighted by Crippen LogP contribution is 2.29. The molecule has 0 saturated carbocycles. The summed E-state index contributed by atoms with van der Waals surface area (Å²) in [7, 11) is 0. The van der Waals surface area contributed by atoms with Gasteiger partial charge in [0, 0.05) is 42.7 Å². The SMILES string of the molecule is CCN1CCN([C@@H](c2cccs2)[C@@H](C)NC(=O)c2ccc(C)cc2)CC1. The second-order valence-corrected chi connectivity index (χ2v) is 8.04. The van der Waals surface area contributed by atoms with Crippen LogP contribution in [0.25, 0.3) is 0 Å². The van der Waals surface area contributed by atoms with Gasteiger partial charge in [-0.2, -0.15) is 0 Å². The van der Waals surface area contributed by atoms with Gasteiger partial charge in [-0.05, 0) is 44.0 Å². The fraction of sp³-hybridized carbons (Fsp3) is 0.476. The van der Waals surface area contributed by atoms with E-state index in [2.05, 4.69) is 46.5 Å². The highest BCUT2D eigenvalue weighted by molar-refractivity contribution is 7.10. The van der Waals surface area contributed by atoms with Crippen molar-refractivity contribution in [1.82, 2.24) is 15.1 Å². The summed E-state index contributed by atoms with van der Waals surface area (Å²) >= 11 is 1.78. The van der Waals surface area contributed by atoms with Crippen molar-refractivity contribution >= 4 is 17.2 Å². The molecule has 1 aliphatic rings. The van der Waals surface area contributed by atoms with Crippen molar-refractivity contribution in [2.24, 2.45) is 0 Å². The van der Waals surface area contributed by atoms with Crippen LogP contribution in [0.15, 0.2) is 41.8 Å². The van der Waals surface area contributed by atoms with Crippen molar-refractivity contribution in [2.45, 2.75) is 32.9 Å². The molecule has 0 radical (unpaired) electrons. The van der Waals surface area contributed by atoms with Gasteiger partial charge in [-0.1, -0.05) is 30.7 Å². The number of likely N-dealkylation sites (N-methyl/N-ethyl adjacent to an activating group) is 1.